The molecule has 2 aliphatic heterocycles. The molecular weight excluding hydrogens is 456 g/mol. The predicted molar refractivity (Wildman–Crippen MR) is 135 cm³/mol. The molecular formula is C29H30N2O5. The number of carboxylic acids is 1. The zero-order valence-electron chi connectivity index (χ0n) is 20.6. The Hall–Kier alpha value is -3.84. The number of amides is 1. The number of β-lactam (4-membered cyclic amide) rings is 1. The van der Waals surface area contributed by atoms with Crippen molar-refractivity contribution in [2.45, 2.75) is 32.4 Å². The SMILES string of the molecule is CC(O)C1C(=O)N2C(C(=O)O)=C(COc3cccc(-c4ccc(Cc5ccn(C)c5)cc4)c3)[C@H](C)C12. The van der Waals surface area contributed by atoms with Crippen molar-refractivity contribution in [2.75, 3.05) is 6.61 Å². The topological polar surface area (TPSA) is 92.0 Å². The van der Waals surface area contributed by atoms with Gasteiger partial charge in [-0.1, -0.05) is 43.3 Å². The van der Waals surface area contributed by atoms with E-state index in [2.05, 4.69) is 36.5 Å². The average Bonchev–Trinajstić information content (AvgIpc) is 3.36. The van der Waals surface area contributed by atoms with Gasteiger partial charge in [0.1, 0.15) is 18.1 Å². The number of benzene rings is 2. The number of hydrogen-bond acceptors (Lipinski definition) is 4. The molecule has 36 heavy (non-hydrogen) atoms. The minimum absolute atomic E-state index is 0.0143. The molecule has 2 aromatic carbocycles. The van der Waals surface area contributed by atoms with Crippen LogP contribution in [0.15, 0.2) is 78.3 Å². The van der Waals surface area contributed by atoms with Crippen LogP contribution in [0.2, 0.25) is 0 Å². The van der Waals surface area contributed by atoms with Crippen molar-refractivity contribution in [1.29, 1.82) is 0 Å². The first-order chi connectivity index (χ1) is 17.2. The van der Waals surface area contributed by atoms with E-state index in [1.165, 1.54) is 16.0 Å². The largest absolute Gasteiger partial charge is 0.489 e. The molecule has 2 N–H and O–H groups in total. The molecule has 186 valence electrons. The zero-order valence-corrected chi connectivity index (χ0v) is 20.6. The smallest absolute Gasteiger partial charge is 0.352 e. The van der Waals surface area contributed by atoms with E-state index in [-0.39, 0.29) is 30.2 Å². The second-order valence-electron chi connectivity index (χ2n) is 9.81. The summed E-state index contributed by atoms with van der Waals surface area (Å²) < 4.78 is 8.08. The van der Waals surface area contributed by atoms with Gasteiger partial charge in [0.25, 0.3) is 0 Å². The average molecular weight is 487 g/mol. The van der Waals surface area contributed by atoms with E-state index < -0.39 is 18.0 Å². The van der Waals surface area contributed by atoms with Gasteiger partial charge < -0.3 is 24.4 Å². The van der Waals surface area contributed by atoms with Gasteiger partial charge in [-0.25, -0.2) is 4.79 Å². The van der Waals surface area contributed by atoms with E-state index in [4.69, 9.17) is 4.74 Å². The third-order valence-corrected chi connectivity index (χ3v) is 7.34. The highest BCUT2D eigenvalue weighted by atomic mass is 16.5. The zero-order chi connectivity index (χ0) is 25.6. The fraction of sp³-hybridized carbons (Fsp3) is 0.310. The molecule has 0 bridgehead atoms. The highest BCUT2D eigenvalue weighted by Crippen LogP contribution is 2.47. The first-order valence-electron chi connectivity index (χ1n) is 12.1. The first-order valence-corrected chi connectivity index (χ1v) is 12.1. The Morgan fingerprint density at radius 2 is 1.83 bits per heavy atom. The third-order valence-electron chi connectivity index (χ3n) is 7.34. The first kappa shape index (κ1) is 23.9. The Balaban J connectivity index is 1.30. The van der Waals surface area contributed by atoms with Crippen LogP contribution in [-0.4, -0.2) is 50.3 Å². The lowest BCUT2D eigenvalue weighted by molar-refractivity contribution is -0.163. The summed E-state index contributed by atoms with van der Waals surface area (Å²) in [7, 11) is 2.02. The van der Waals surface area contributed by atoms with Crippen LogP contribution in [0.4, 0.5) is 0 Å². The van der Waals surface area contributed by atoms with Crippen molar-refractivity contribution in [3.05, 3.63) is 89.4 Å². The summed E-state index contributed by atoms with van der Waals surface area (Å²) in [6.45, 7) is 3.53. The molecule has 0 aliphatic carbocycles. The molecule has 1 fully saturated rings. The standard InChI is InChI=1S/C29H30N2O5/c1-17-24(27(29(34)35)31-26(17)25(18(2)32)28(31)33)16-36-23-6-4-5-22(14-23)21-9-7-19(8-10-21)13-20-11-12-30(3)15-20/h4-12,14-15,17-18,25-26,32H,13,16H2,1-3H3,(H,34,35)/t17-,18?,25?,26?/m0/s1. The number of aromatic nitrogens is 1. The lowest BCUT2D eigenvalue weighted by Crippen LogP contribution is -2.63. The van der Waals surface area contributed by atoms with E-state index in [9.17, 15) is 19.8 Å². The van der Waals surface area contributed by atoms with E-state index in [1.54, 1.807) is 6.92 Å². The maximum Gasteiger partial charge on any atom is 0.352 e. The summed E-state index contributed by atoms with van der Waals surface area (Å²) in [6, 6.07) is 17.9. The number of aliphatic hydroxyl groups is 1. The molecule has 7 nitrogen and oxygen atoms in total. The fourth-order valence-corrected chi connectivity index (χ4v) is 5.48. The summed E-state index contributed by atoms with van der Waals surface area (Å²) in [5.41, 5.74) is 5.11. The van der Waals surface area contributed by atoms with Gasteiger partial charge >= 0.3 is 5.97 Å². The highest BCUT2D eigenvalue weighted by Gasteiger charge is 2.59. The number of carbonyl (C=O) groups excluding carboxylic acids is 1. The maximum absolute atomic E-state index is 12.5. The van der Waals surface area contributed by atoms with Gasteiger partial charge in [-0.05, 0) is 53.8 Å². The Kier molecular flexibility index (Phi) is 6.18. The Morgan fingerprint density at radius 3 is 2.47 bits per heavy atom. The van der Waals surface area contributed by atoms with Crippen LogP contribution >= 0.6 is 0 Å². The molecule has 3 unspecified atom stereocenters. The molecule has 2 aliphatic rings. The van der Waals surface area contributed by atoms with Crippen LogP contribution in [0.1, 0.15) is 25.0 Å². The number of aliphatic hydroxyl groups excluding tert-OH is 1. The van der Waals surface area contributed by atoms with E-state index in [0.29, 0.717) is 11.3 Å². The normalized spacial score (nSPS) is 21.8. The van der Waals surface area contributed by atoms with Crippen LogP contribution in [0.25, 0.3) is 11.1 Å². The predicted octanol–water partition coefficient (Wildman–Crippen LogP) is 3.86. The highest BCUT2D eigenvalue weighted by molar-refractivity contribution is 6.00. The van der Waals surface area contributed by atoms with Crippen molar-refractivity contribution in [2.24, 2.45) is 18.9 Å². The lowest BCUT2D eigenvalue weighted by atomic mass is 9.78. The van der Waals surface area contributed by atoms with Crippen LogP contribution in [-0.2, 0) is 23.1 Å². The van der Waals surface area contributed by atoms with Gasteiger partial charge in [0.2, 0.25) is 5.91 Å². The van der Waals surface area contributed by atoms with Gasteiger partial charge in [0.15, 0.2) is 0 Å². The van der Waals surface area contributed by atoms with Crippen molar-refractivity contribution < 1.29 is 24.5 Å². The number of aliphatic carboxylic acids is 1. The number of fused-ring (bicyclic) bond motifs is 1. The van der Waals surface area contributed by atoms with Gasteiger partial charge in [-0.3, -0.25) is 4.79 Å². The maximum atomic E-state index is 12.5. The Labute approximate surface area is 210 Å². The number of carbonyl (C=O) groups is 2. The molecule has 3 heterocycles. The fourth-order valence-electron chi connectivity index (χ4n) is 5.48. The van der Waals surface area contributed by atoms with Crippen molar-refractivity contribution in [3.63, 3.8) is 0 Å². The summed E-state index contributed by atoms with van der Waals surface area (Å²) in [5, 5.41) is 19.8. The second kappa shape index (κ2) is 9.32. The molecule has 1 saturated heterocycles. The molecule has 0 radical (unpaired) electrons. The Bertz CT molecular complexity index is 1340. The van der Waals surface area contributed by atoms with Crippen molar-refractivity contribution in [1.82, 2.24) is 9.47 Å². The molecule has 0 saturated carbocycles. The van der Waals surface area contributed by atoms with Crippen molar-refractivity contribution >= 4 is 11.9 Å². The molecule has 0 spiro atoms. The Morgan fingerprint density at radius 1 is 1.08 bits per heavy atom. The van der Waals surface area contributed by atoms with E-state index in [0.717, 1.165) is 17.5 Å². The second-order valence-corrected chi connectivity index (χ2v) is 9.81. The number of ether oxygens (including phenoxy) is 1. The number of hydrogen-bond donors (Lipinski definition) is 2. The van der Waals surface area contributed by atoms with Gasteiger partial charge in [-0.15, -0.1) is 0 Å². The number of nitrogens with zero attached hydrogens (tertiary/aromatic N) is 2. The molecule has 1 amide bonds. The number of rotatable bonds is 8. The molecule has 4 atom stereocenters. The van der Waals surface area contributed by atoms with Gasteiger partial charge in [-0.2, -0.15) is 0 Å². The summed E-state index contributed by atoms with van der Waals surface area (Å²) in [5.74, 6) is -1.66. The summed E-state index contributed by atoms with van der Waals surface area (Å²) in [4.78, 5) is 25.8. The monoisotopic (exact) mass is 486 g/mol. The quantitative estimate of drug-likeness (QED) is 0.472. The van der Waals surface area contributed by atoms with Crippen LogP contribution in [0.5, 0.6) is 5.75 Å². The van der Waals surface area contributed by atoms with Gasteiger partial charge in [0, 0.05) is 30.9 Å². The minimum atomic E-state index is -1.15. The van der Waals surface area contributed by atoms with E-state index in [1.807, 2.05) is 49.0 Å². The molecule has 7 heteroatoms. The number of aryl methyl sites for hydroxylation is 1. The molecule has 3 aromatic rings. The summed E-state index contributed by atoms with van der Waals surface area (Å²) >= 11 is 0. The molecule has 1 aromatic heterocycles. The lowest BCUT2D eigenvalue weighted by Gasteiger charge is -2.46. The summed E-state index contributed by atoms with van der Waals surface area (Å²) in [6.07, 6.45) is 4.21. The number of carboxylic acid groups (broad SMARTS) is 1. The minimum Gasteiger partial charge on any atom is -0.489 e. The van der Waals surface area contributed by atoms with Gasteiger partial charge in [0.05, 0.1) is 18.1 Å². The van der Waals surface area contributed by atoms with E-state index >= 15 is 0 Å². The third kappa shape index (κ3) is 4.20. The van der Waals surface area contributed by atoms with Crippen LogP contribution < -0.4 is 4.74 Å². The van der Waals surface area contributed by atoms with Crippen LogP contribution in [0.3, 0.4) is 0 Å². The molecule has 5 rings (SSSR count). The van der Waals surface area contributed by atoms with Crippen LogP contribution in [0, 0.1) is 11.8 Å². The van der Waals surface area contributed by atoms with Crippen molar-refractivity contribution in [3.8, 4) is 16.9 Å².